The number of aliphatic hydroxyl groups excluding tert-OH is 1. The van der Waals surface area contributed by atoms with Crippen LogP contribution in [0.3, 0.4) is 0 Å². The smallest absolute Gasteiger partial charge is 0.393 e. The van der Waals surface area contributed by atoms with E-state index in [2.05, 4.69) is 20.6 Å². The molecule has 0 aliphatic heterocycles. The fourth-order valence-corrected chi connectivity index (χ4v) is 6.77. The number of nitrogens with one attached hydrogen (secondary N) is 2. The molecular weight excluding hydrogens is 397 g/mol. The lowest BCUT2D eigenvalue weighted by Gasteiger charge is -2.60. The lowest BCUT2D eigenvalue weighted by Crippen LogP contribution is -2.62. The fraction of sp³-hybridized carbons (Fsp3) is 0.810. The van der Waals surface area contributed by atoms with Crippen LogP contribution in [-0.2, 0) is 6.18 Å². The molecule has 9 heteroatoms. The summed E-state index contributed by atoms with van der Waals surface area (Å²) in [5, 5.41) is 26.9. The van der Waals surface area contributed by atoms with Crippen LogP contribution >= 0.6 is 0 Å². The molecule has 0 aromatic carbocycles. The van der Waals surface area contributed by atoms with Gasteiger partial charge in [0.2, 0.25) is 5.95 Å². The van der Waals surface area contributed by atoms with Crippen molar-refractivity contribution in [3.63, 3.8) is 0 Å². The summed E-state index contributed by atoms with van der Waals surface area (Å²) >= 11 is 0. The van der Waals surface area contributed by atoms with Gasteiger partial charge in [0, 0.05) is 17.8 Å². The summed E-state index contributed by atoms with van der Waals surface area (Å²) in [5.41, 5.74) is -1.89. The van der Waals surface area contributed by atoms with Gasteiger partial charge in [-0.05, 0) is 76.0 Å². The van der Waals surface area contributed by atoms with Crippen LogP contribution in [0.4, 0.5) is 24.9 Å². The molecular formula is C21H29F3N4O2. The minimum Gasteiger partial charge on any atom is -0.393 e. The van der Waals surface area contributed by atoms with Crippen molar-refractivity contribution >= 4 is 11.8 Å². The summed E-state index contributed by atoms with van der Waals surface area (Å²) in [7, 11) is 0. The Labute approximate surface area is 173 Å². The number of halogens is 3. The van der Waals surface area contributed by atoms with Gasteiger partial charge in [0.15, 0.2) is 0 Å². The van der Waals surface area contributed by atoms with E-state index in [1.165, 1.54) is 0 Å². The Morgan fingerprint density at radius 2 is 1.70 bits per heavy atom. The van der Waals surface area contributed by atoms with Crippen LogP contribution in [0.1, 0.15) is 69.8 Å². The molecule has 30 heavy (non-hydrogen) atoms. The zero-order valence-electron chi connectivity index (χ0n) is 16.9. The number of hydrogen-bond donors (Lipinski definition) is 4. The van der Waals surface area contributed by atoms with Crippen molar-refractivity contribution in [2.75, 3.05) is 10.6 Å². The molecule has 0 spiro atoms. The molecule has 4 N–H and O–H groups in total. The molecule has 1 heterocycles. The van der Waals surface area contributed by atoms with Gasteiger partial charge in [0.05, 0.1) is 11.7 Å². The van der Waals surface area contributed by atoms with Gasteiger partial charge in [-0.2, -0.15) is 18.2 Å². The van der Waals surface area contributed by atoms with Gasteiger partial charge in [-0.15, -0.1) is 0 Å². The van der Waals surface area contributed by atoms with E-state index in [1.54, 1.807) is 0 Å². The molecule has 2 atom stereocenters. The quantitative estimate of drug-likeness (QED) is 0.587. The molecule has 1 aromatic rings. The van der Waals surface area contributed by atoms with E-state index in [0.717, 1.165) is 38.3 Å². The molecule has 1 aromatic heterocycles. The number of aliphatic hydroxyl groups is 2. The first-order chi connectivity index (χ1) is 14.1. The molecule has 6 nitrogen and oxygen atoms in total. The molecule has 2 unspecified atom stereocenters. The normalized spacial score (nSPS) is 40.4. The second-order valence-electron chi connectivity index (χ2n) is 10.2. The molecule has 0 radical (unpaired) electrons. The van der Waals surface area contributed by atoms with Crippen molar-refractivity contribution in [1.82, 2.24) is 9.97 Å². The standard InChI is InChI=1S/C21H29F3N4O2/c22-21(23,24)16-10-25-18(27-17(16)26-14-1-3-15(29)4-2-14)28-19-6-12-5-13(7-19)9-20(30,8-12)11-19/h10,12-15,29-30H,1-9,11H2,(H2,25,26,27,28). The van der Waals surface area contributed by atoms with Gasteiger partial charge in [-0.3, -0.25) is 0 Å². The maximum Gasteiger partial charge on any atom is 0.421 e. The predicted molar refractivity (Wildman–Crippen MR) is 105 cm³/mol. The monoisotopic (exact) mass is 426 g/mol. The average Bonchev–Trinajstić information content (AvgIpc) is 2.60. The van der Waals surface area contributed by atoms with Crippen molar-refractivity contribution < 1.29 is 23.4 Å². The molecule has 4 bridgehead atoms. The number of rotatable bonds is 4. The zero-order valence-corrected chi connectivity index (χ0v) is 16.9. The SMILES string of the molecule is OC1CCC(Nc2nc(NC34CC5CC(CC(O)(C5)C3)C4)ncc2C(F)(F)F)CC1. The predicted octanol–water partition coefficient (Wildman–Crippen LogP) is 3.71. The molecule has 5 fully saturated rings. The van der Waals surface area contributed by atoms with Gasteiger partial charge in [-0.1, -0.05) is 0 Å². The van der Waals surface area contributed by atoms with Crippen LogP contribution in [-0.4, -0.2) is 43.5 Å². The molecule has 0 saturated heterocycles. The molecule has 0 amide bonds. The Morgan fingerprint density at radius 3 is 2.30 bits per heavy atom. The van der Waals surface area contributed by atoms with E-state index < -0.39 is 17.3 Å². The Hall–Kier alpha value is -1.61. The third-order valence-corrected chi connectivity index (χ3v) is 7.54. The fourth-order valence-electron chi connectivity index (χ4n) is 6.77. The van der Waals surface area contributed by atoms with Crippen molar-refractivity contribution in [2.45, 2.75) is 93.7 Å². The van der Waals surface area contributed by atoms with E-state index in [0.29, 0.717) is 43.9 Å². The molecule has 6 rings (SSSR count). The van der Waals surface area contributed by atoms with Crippen LogP contribution in [0.15, 0.2) is 6.20 Å². The summed E-state index contributed by atoms with van der Waals surface area (Å²) in [6, 6.07) is -0.155. The number of hydrogen-bond acceptors (Lipinski definition) is 6. The third-order valence-electron chi connectivity index (χ3n) is 7.54. The summed E-state index contributed by atoms with van der Waals surface area (Å²) in [5.74, 6) is 0.880. The van der Waals surface area contributed by atoms with E-state index in [4.69, 9.17) is 0 Å². The Morgan fingerprint density at radius 1 is 1.03 bits per heavy atom. The van der Waals surface area contributed by atoms with Gasteiger partial charge in [0.25, 0.3) is 0 Å². The first kappa shape index (κ1) is 20.3. The highest BCUT2D eigenvalue weighted by molar-refractivity contribution is 5.50. The molecule has 5 aliphatic rings. The van der Waals surface area contributed by atoms with Crippen LogP contribution < -0.4 is 10.6 Å². The van der Waals surface area contributed by atoms with E-state index in [9.17, 15) is 23.4 Å². The first-order valence-corrected chi connectivity index (χ1v) is 11.0. The van der Waals surface area contributed by atoms with Crippen LogP contribution in [0, 0.1) is 11.8 Å². The van der Waals surface area contributed by atoms with Crippen molar-refractivity contribution in [3.05, 3.63) is 11.8 Å². The van der Waals surface area contributed by atoms with Gasteiger partial charge < -0.3 is 20.8 Å². The number of alkyl halides is 3. The van der Waals surface area contributed by atoms with Crippen molar-refractivity contribution in [1.29, 1.82) is 0 Å². The van der Waals surface area contributed by atoms with E-state index in [-0.39, 0.29) is 29.5 Å². The highest BCUT2D eigenvalue weighted by Crippen LogP contribution is 2.58. The summed E-state index contributed by atoms with van der Waals surface area (Å²) < 4.78 is 40.7. The van der Waals surface area contributed by atoms with Crippen LogP contribution in [0.2, 0.25) is 0 Å². The lowest BCUT2D eigenvalue weighted by atomic mass is 9.51. The average molecular weight is 426 g/mol. The molecule has 5 aliphatic carbocycles. The van der Waals surface area contributed by atoms with Gasteiger partial charge in [-0.25, -0.2) is 4.98 Å². The minimum atomic E-state index is -4.55. The highest BCUT2D eigenvalue weighted by Gasteiger charge is 2.57. The second-order valence-corrected chi connectivity index (χ2v) is 10.2. The summed E-state index contributed by atoms with van der Waals surface area (Å²) in [6.45, 7) is 0. The first-order valence-electron chi connectivity index (χ1n) is 11.0. The molecule has 166 valence electrons. The van der Waals surface area contributed by atoms with Crippen LogP contribution in [0.25, 0.3) is 0 Å². The Kier molecular flexibility index (Phi) is 4.70. The maximum atomic E-state index is 13.6. The van der Waals surface area contributed by atoms with Crippen molar-refractivity contribution in [3.8, 4) is 0 Å². The van der Waals surface area contributed by atoms with Gasteiger partial charge in [0.1, 0.15) is 11.4 Å². The summed E-state index contributed by atoms with van der Waals surface area (Å²) in [4.78, 5) is 8.26. The number of nitrogens with zero attached hydrogens (tertiary/aromatic N) is 2. The largest absolute Gasteiger partial charge is 0.421 e. The zero-order chi connectivity index (χ0) is 21.1. The van der Waals surface area contributed by atoms with Crippen LogP contribution in [0.5, 0.6) is 0 Å². The second kappa shape index (κ2) is 6.95. The lowest BCUT2D eigenvalue weighted by molar-refractivity contribution is -0.137. The third kappa shape index (κ3) is 3.86. The Bertz CT molecular complexity index is 796. The van der Waals surface area contributed by atoms with E-state index >= 15 is 0 Å². The number of aromatic nitrogens is 2. The van der Waals surface area contributed by atoms with Gasteiger partial charge >= 0.3 is 6.18 Å². The highest BCUT2D eigenvalue weighted by atomic mass is 19.4. The molecule has 5 saturated carbocycles. The minimum absolute atomic E-state index is 0.155. The maximum absolute atomic E-state index is 13.6. The summed E-state index contributed by atoms with van der Waals surface area (Å²) in [6.07, 6.45) is 3.43. The number of anilines is 2. The van der Waals surface area contributed by atoms with Crippen molar-refractivity contribution in [2.24, 2.45) is 11.8 Å². The Balaban J connectivity index is 1.39. The van der Waals surface area contributed by atoms with E-state index in [1.807, 2.05) is 0 Å². The topological polar surface area (TPSA) is 90.3 Å².